The van der Waals surface area contributed by atoms with Crippen molar-refractivity contribution in [3.8, 4) is 0 Å². The van der Waals surface area contributed by atoms with Crippen LogP contribution in [0.5, 0.6) is 0 Å². The summed E-state index contributed by atoms with van der Waals surface area (Å²) in [6.45, 7) is 5.49. The summed E-state index contributed by atoms with van der Waals surface area (Å²) >= 11 is 15.4. The summed E-state index contributed by atoms with van der Waals surface area (Å²) in [7, 11) is 0. The molecule has 2 aromatic rings. The summed E-state index contributed by atoms with van der Waals surface area (Å²) < 4.78 is 4.40. The summed E-state index contributed by atoms with van der Waals surface area (Å²) in [4.78, 5) is 11.8. The lowest BCUT2D eigenvalue weighted by Gasteiger charge is -2.07. The molecule has 6 nitrogen and oxygen atoms in total. The predicted molar refractivity (Wildman–Crippen MR) is 93.9 cm³/mol. The average Bonchev–Trinajstić information content (AvgIpc) is 2.97. The number of aromatic nitrogens is 4. The number of amides is 1. The van der Waals surface area contributed by atoms with Crippen LogP contribution in [0.1, 0.15) is 24.2 Å². The fourth-order valence-corrected chi connectivity index (χ4v) is 2.77. The van der Waals surface area contributed by atoms with Crippen LogP contribution < -0.4 is 5.32 Å². The molecule has 0 fully saturated rings. The fraction of sp³-hybridized carbons (Fsp3) is 0.500. The van der Waals surface area contributed by atoms with Crippen molar-refractivity contribution in [3.05, 3.63) is 32.2 Å². The standard InChI is InChI=1S/C14H18BrCl2N5O/c1-9-13(16)14(17)22(20-9)6-3-5-18-12(23)4-7-21-10(2)11(15)8-19-21/h8H,3-7H2,1-2H3,(H,18,23). The Morgan fingerprint density at radius 1 is 1.30 bits per heavy atom. The largest absolute Gasteiger partial charge is 0.356 e. The first-order valence-electron chi connectivity index (χ1n) is 7.23. The summed E-state index contributed by atoms with van der Waals surface area (Å²) in [5.74, 6) is -0.00297. The molecule has 23 heavy (non-hydrogen) atoms. The van der Waals surface area contributed by atoms with Crippen molar-refractivity contribution in [3.63, 3.8) is 0 Å². The van der Waals surface area contributed by atoms with Crippen LogP contribution in [0, 0.1) is 13.8 Å². The molecule has 0 bridgehead atoms. The van der Waals surface area contributed by atoms with Crippen molar-refractivity contribution in [2.24, 2.45) is 0 Å². The zero-order valence-electron chi connectivity index (χ0n) is 12.9. The van der Waals surface area contributed by atoms with Crippen LogP contribution in [0.25, 0.3) is 0 Å². The summed E-state index contributed by atoms with van der Waals surface area (Å²) in [6, 6.07) is 0. The van der Waals surface area contributed by atoms with Crippen LogP contribution >= 0.6 is 39.1 Å². The van der Waals surface area contributed by atoms with Gasteiger partial charge in [-0.05, 0) is 36.2 Å². The fourth-order valence-electron chi connectivity index (χ4n) is 2.08. The second kappa shape index (κ2) is 8.17. The van der Waals surface area contributed by atoms with E-state index >= 15 is 0 Å². The van der Waals surface area contributed by atoms with E-state index in [9.17, 15) is 4.79 Å². The molecule has 0 radical (unpaired) electrons. The maximum Gasteiger partial charge on any atom is 0.221 e. The van der Waals surface area contributed by atoms with Crippen molar-refractivity contribution in [2.75, 3.05) is 6.54 Å². The van der Waals surface area contributed by atoms with Crippen molar-refractivity contribution < 1.29 is 4.79 Å². The number of carbonyl (C=O) groups excluding carboxylic acids is 1. The van der Waals surface area contributed by atoms with Gasteiger partial charge in [0.05, 0.1) is 16.4 Å². The molecule has 2 rings (SSSR count). The maximum atomic E-state index is 11.8. The number of rotatable bonds is 7. The molecule has 0 spiro atoms. The van der Waals surface area contributed by atoms with Crippen LogP contribution in [0.2, 0.25) is 10.2 Å². The van der Waals surface area contributed by atoms with Crippen LogP contribution in [0.15, 0.2) is 10.7 Å². The maximum absolute atomic E-state index is 11.8. The molecular formula is C14H18BrCl2N5O. The van der Waals surface area contributed by atoms with Gasteiger partial charge in [-0.25, -0.2) is 0 Å². The average molecular weight is 423 g/mol. The highest BCUT2D eigenvalue weighted by molar-refractivity contribution is 9.10. The summed E-state index contributed by atoms with van der Waals surface area (Å²) in [5.41, 5.74) is 1.72. The van der Waals surface area contributed by atoms with Crippen molar-refractivity contribution >= 4 is 45.0 Å². The number of nitrogens with zero attached hydrogens (tertiary/aromatic N) is 4. The Balaban J connectivity index is 1.69. The molecule has 0 aliphatic heterocycles. The van der Waals surface area contributed by atoms with Gasteiger partial charge in [0, 0.05) is 31.7 Å². The van der Waals surface area contributed by atoms with E-state index in [-0.39, 0.29) is 5.91 Å². The second-order valence-corrected chi connectivity index (χ2v) is 6.76. The quantitative estimate of drug-likeness (QED) is 0.695. The lowest BCUT2D eigenvalue weighted by molar-refractivity contribution is -0.121. The zero-order chi connectivity index (χ0) is 17.0. The van der Waals surface area contributed by atoms with Gasteiger partial charge in [0.1, 0.15) is 10.2 Å². The lowest BCUT2D eigenvalue weighted by atomic mass is 10.3. The molecule has 0 aliphatic rings. The molecule has 0 saturated carbocycles. The molecule has 2 aromatic heterocycles. The molecule has 2 heterocycles. The first kappa shape index (κ1) is 18.3. The predicted octanol–water partition coefficient (Wildman–Crippen LogP) is 3.36. The van der Waals surface area contributed by atoms with E-state index in [4.69, 9.17) is 23.2 Å². The van der Waals surface area contributed by atoms with Gasteiger partial charge in [-0.1, -0.05) is 23.2 Å². The Morgan fingerprint density at radius 2 is 2.04 bits per heavy atom. The molecule has 126 valence electrons. The number of halogens is 3. The molecule has 9 heteroatoms. The highest BCUT2D eigenvalue weighted by Gasteiger charge is 2.11. The van der Waals surface area contributed by atoms with Gasteiger partial charge in [-0.15, -0.1) is 0 Å². The Bertz CT molecular complexity index is 698. The Morgan fingerprint density at radius 3 is 2.61 bits per heavy atom. The number of hydrogen-bond acceptors (Lipinski definition) is 3. The van der Waals surface area contributed by atoms with Crippen molar-refractivity contribution in [1.82, 2.24) is 24.9 Å². The normalized spacial score (nSPS) is 11.0. The molecule has 1 N–H and O–H groups in total. The smallest absolute Gasteiger partial charge is 0.221 e. The molecule has 0 aromatic carbocycles. The third-order valence-electron chi connectivity index (χ3n) is 3.46. The zero-order valence-corrected chi connectivity index (χ0v) is 16.0. The van der Waals surface area contributed by atoms with Gasteiger partial charge in [-0.3, -0.25) is 14.2 Å². The number of hydrogen-bond donors (Lipinski definition) is 1. The highest BCUT2D eigenvalue weighted by Crippen LogP contribution is 2.24. The van der Waals surface area contributed by atoms with Crippen LogP contribution in [-0.4, -0.2) is 32.0 Å². The van der Waals surface area contributed by atoms with Gasteiger partial charge in [0.2, 0.25) is 5.91 Å². The van der Waals surface area contributed by atoms with E-state index in [1.807, 2.05) is 13.8 Å². The monoisotopic (exact) mass is 421 g/mol. The van der Waals surface area contributed by atoms with Gasteiger partial charge < -0.3 is 5.32 Å². The van der Waals surface area contributed by atoms with E-state index in [1.165, 1.54) is 0 Å². The number of aryl methyl sites for hydroxylation is 3. The Kier molecular flexibility index (Phi) is 6.50. The van der Waals surface area contributed by atoms with Gasteiger partial charge in [0.25, 0.3) is 0 Å². The van der Waals surface area contributed by atoms with E-state index in [1.54, 1.807) is 15.6 Å². The Labute approximate surface area is 153 Å². The van der Waals surface area contributed by atoms with Crippen LogP contribution in [-0.2, 0) is 17.9 Å². The first-order chi connectivity index (χ1) is 10.9. The molecule has 0 atom stereocenters. The number of nitrogens with one attached hydrogen (secondary N) is 1. The third kappa shape index (κ3) is 4.71. The molecule has 0 aliphatic carbocycles. The van der Waals surface area contributed by atoms with E-state index in [0.29, 0.717) is 41.9 Å². The third-order valence-corrected chi connectivity index (χ3v) is 5.17. The minimum Gasteiger partial charge on any atom is -0.356 e. The minimum atomic E-state index is -0.00297. The lowest BCUT2D eigenvalue weighted by Crippen LogP contribution is -2.26. The number of carbonyl (C=O) groups is 1. The van der Waals surface area contributed by atoms with Crippen LogP contribution in [0.4, 0.5) is 0 Å². The van der Waals surface area contributed by atoms with Gasteiger partial charge >= 0.3 is 0 Å². The molecule has 0 saturated heterocycles. The van der Waals surface area contributed by atoms with E-state index < -0.39 is 0 Å². The van der Waals surface area contributed by atoms with E-state index in [0.717, 1.165) is 16.6 Å². The molecule has 0 unspecified atom stereocenters. The van der Waals surface area contributed by atoms with Gasteiger partial charge in [-0.2, -0.15) is 10.2 Å². The highest BCUT2D eigenvalue weighted by atomic mass is 79.9. The topological polar surface area (TPSA) is 64.7 Å². The Hall–Kier alpha value is -1.05. The first-order valence-corrected chi connectivity index (χ1v) is 8.78. The van der Waals surface area contributed by atoms with Crippen LogP contribution in [0.3, 0.4) is 0 Å². The summed E-state index contributed by atoms with van der Waals surface area (Å²) in [5, 5.41) is 12.2. The second-order valence-electron chi connectivity index (χ2n) is 5.17. The SMILES string of the molecule is Cc1nn(CCCNC(=O)CCn2ncc(Br)c2C)c(Cl)c1Cl. The van der Waals surface area contributed by atoms with Crippen molar-refractivity contribution in [1.29, 1.82) is 0 Å². The van der Waals surface area contributed by atoms with E-state index in [2.05, 4.69) is 31.4 Å². The molecular weight excluding hydrogens is 405 g/mol. The van der Waals surface area contributed by atoms with Crippen molar-refractivity contribution in [2.45, 2.75) is 39.8 Å². The minimum absolute atomic E-state index is 0.00297. The molecule has 1 amide bonds. The summed E-state index contributed by atoms with van der Waals surface area (Å²) in [6.07, 6.45) is 2.85. The van der Waals surface area contributed by atoms with Gasteiger partial charge in [0.15, 0.2) is 0 Å².